The first-order valence-corrected chi connectivity index (χ1v) is 6.45. The third-order valence-corrected chi connectivity index (χ3v) is 3.91. The van der Waals surface area contributed by atoms with E-state index in [9.17, 15) is 8.42 Å². The van der Waals surface area contributed by atoms with Crippen LogP contribution >= 0.6 is 0 Å². The zero-order valence-electron chi connectivity index (χ0n) is 9.51. The second-order valence-corrected chi connectivity index (χ2v) is 5.35. The van der Waals surface area contributed by atoms with E-state index in [4.69, 9.17) is 0 Å². The van der Waals surface area contributed by atoms with E-state index >= 15 is 0 Å². The molecular formula is C9H13N5O2S. The molecule has 0 aromatic carbocycles. The van der Waals surface area contributed by atoms with E-state index in [1.165, 1.54) is 16.9 Å². The first-order chi connectivity index (χ1) is 8.00. The van der Waals surface area contributed by atoms with Crippen molar-refractivity contribution >= 4 is 10.0 Å². The minimum atomic E-state index is -3.53. The van der Waals surface area contributed by atoms with Crippen LogP contribution in [-0.2, 0) is 23.6 Å². The van der Waals surface area contributed by atoms with E-state index in [1.54, 1.807) is 13.2 Å². The minimum absolute atomic E-state index is 0.138. The molecule has 7 nitrogen and oxygen atoms in total. The maximum absolute atomic E-state index is 11.9. The van der Waals surface area contributed by atoms with Gasteiger partial charge in [0.05, 0.1) is 12.4 Å². The Labute approximate surface area is 98.9 Å². The summed E-state index contributed by atoms with van der Waals surface area (Å²) in [5.74, 6) is 0. The van der Waals surface area contributed by atoms with Crippen molar-refractivity contribution in [3.63, 3.8) is 0 Å². The van der Waals surface area contributed by atoms with Gasteiger partial charge in [-0.25, -0.2) is 13.1 Å². The molecule has 2 aromatic rings. The summed E-state index contributed by atoms with van der Waals surface area (Å²) in [7, 11) is -1.95. The SMILES string of the molecule is Cc1[nH]ncc1CNS(=O)(=O)c1ccnn1C. The Bertz CT molecular complexity index is 613. The summed E-state index contributed by atoms with van der Waals surface area (Å²) in [6, 6.07) is 1.45. The van der Waals surface area contributed by atoms with Crippen molar-refractivity contribution in [1.29, 1.82) is 0 Å². The molecule has 2 heterocycles. The first-order valence-electron chi connectivity index (χ1n) is 4.97. The molecular weight excluding hydrogens is 242 g/mol. The highest BCUT2D eigenvalue weighted by Crippen LogP contribution is 2.08. The van der Waals surface area contributed by atoms with Gasteiger partial charge in [-0.15, -0.1) is 0 Å². The predicted molar refractivity (Wildman–Crippen MR) is 60.6 cm³/mol. The Balaban J connectivity index is 2.15. The summed E-state index contributed by atoms with van der Waals surface area (Å²) in [5.41, 5.74) is 1.66. The molecule has 0 bridgehead atoms. The van der Waals surface area contributed by atoms with E-state index in [0.717, 1.165) is 11.3 Å². The Hall–Kier alpha value is -1.67. The number of sulfonamides is 1. The van der Waals surface area contributed by atoms with Crippen LogP contribution in [-0.4, -0.2) is 28.4 Å². The Morgan fingerprint density at radius 1 is 1.53 bits per heavy atom. The van der Waals surface area contributed by atoms with Gasteiger partial charge in [-0.1, -0.05) is 0 Å². The van der Waals surface area contributed by atoms with Crippen LogP contribution < -0.4 is 4.72 Å². The molecule has 2 rings (SSSR count). The molecule has 0 unspecified atom stereocenters. The number of aromatic amines is 1. The van der Waals surface area contributed by atoms with Gasteiger partial charge in [-0.3, -0.25) is 9.78 Å². The highest BCUT2D eigenvalue weighted by atomic mass is 32.2. The predicted octanol–water partition coefficient (Wildman–Crippen LogP) is -0.0699. The maximum atomic E-state index is 11.9. The van der Waals surface area contributed by atoms with E-state index in [2.05, 4.69) is 20.0 Å². The molecule has 0 radical (unpaired) electrons. The van der Waals surface area contributed by atoms with Gasteiger partial charge in [0.15, 0.2) is 5.03 Å². The molecule has 0 saturated heterocycles. The molecule has 2 N–H and O–H groups in total. The molecule has 0 saturated carbocycles. The van der Waals surface area contributed by atoms with E-state index in [1.807, 2.05) is 6.92 Å². The third-order valence-electron chi connectivity index (χ3n) is 2.44. The fourth-order valence-electron chi connectivity index (χ4n) is 1.43. The van der Waals surface area contributed by atoms with Crippen LogP contribution in [0.1, 0.15) is 11.3 Å². The van der Waals surface area contributed by atoms with Crippen molar-refractivity contribution in [3.05, 3.63) is 29.7 Å². The average molecular weight is 255 g/mol. The summed E-state index contributed by atoms with van der Waals surface area (Å²) >= 11 is 0. The molecule has 0 amide bonds. The second-order valence-electron chi connectivity index (χ2n) is 3.64. The maximum Gasteiger partial charge on any atom is 0.258 e. The lowest BCUT2D eigenvalue weighted by Gasteiger charge is -2.05. The standard InChI is InChI=1S/C9H13N5O2S/c1-7-8(5-10-13-7)6-12-17(15,16)9-3-4-11-14(9)2/h3-5,12H,6H2,1-2H3,(H,10,13). The van der Waals surface area contributed by atoms with Crippen LogP contribution in [0.3, 0.4) is 0 Å². The normalized spacial score (nSPS) is 11.9. The average Bonchev–Trinajstić information content (AvgIpc) is 2.85. The lowest BCUT2D eigenvalue weighted by molar-refractivity contribution is 0.562. The zero-order valence-corrected chi connectivity index (χ0v) is 10.3. The zero-order chi connectivity index (χ0) is 12.5. The number of aryl methyl sites for hydroxylation is 2. The molecule has 0 fully saturated rings. The number of aromatic nitrogens is 4. The number of nitrogens with zero attached hydrogens (tertiary/aromatic N) is 3. The number of rotatable bonds is 4. The Morgan fingerprint density at radius 3 is 2.82 bits per heavy atom. The first kappa shape index (κ1) is 11.8. The molecule has 0 aliphatic heterocycles. The Morgan fingerprint density at radius 2 is 2.29 bits per heavy atom. The van der Waals surface area contributed by atoms with Crippen molar-refractivity contribution in [2.45, 2.75) is 18.5 Å². The van der Waals surface area contributed by atoms with Gasteiger partial charge in [-0.05, 0) is 13.0 Å². The molecule has 8 heteroatoms. The quantitative estimate of drug-likeness (QED) is 0.799. The molecule has 92 valence electrons. The molecule has 0 aliphatic carbocycles. The number of nitrogens with one attached hydrogen (secondary N) is 2. The van der Waals surface area contributed by atoms with E-state index in [0.29, 0.717) is 0 Å². The van der Waals surface area contributed by atoms with Crippen LogP contribution in [0.15, 0.2) is 23.5 Å². The van der Waals surface area contributed by atoms with Crippen molar-refractivity contribution in [3.8, 4) is 0 Å². The lowest BCUT2D eigenvalue weighted by atomic mass is 10.3. The monoisotopic (exact) mass is 255 g/mol. The molecule has 0 spiro atoms. The summed E-state index contributed by atoms with van der Waals surface area (Å²) in [6.45, 7) is 2.04. The van der Waals surface area contributed by atoms with Gasteiger partial charge >= 0.3 is 0 Å². The minimum Gasteiger partial charge on any atom is -0.283 e. The highest BCUT2D eigenvalue weighted by molar-refractivity contribution is 7.89. The van der Waals surface area contributed by atoms with E-state index in [-0.39, 0.29) is 11.6 Å². The fraction of sp³-hybridized carbons (Fsp3) is 0.333. The van der Waals surface area contributed by atoms with Gasteiger partial charge in [-0.2, -0.15) is 10.2 Å². The second kappa shape index (κ2) is 4.30. The summed E-state index contributed by atoms with van der Waals surface area (Å²) in [5, 5.41) is 10.5. The third kappa shape index (κ3) is 2.37. The van der Waals surface area contributed by atoms with Crippen LogP contribution in [0.5, 0.6) is 0 Å². The van der Waals surface area contributed by atoms with Gasteiger partial charge in [0, 0.05) is 24.8 Å². The van der Waals surface area contributed by atoms with Gasteiger partial charge < -0.3 is 0 Å². The van der Waals surface area contributed by atoms with Crippen LogP contribution in [0.25, 0.3) is 0 Å². The lowest BCUT2D eigenvalue weighted by Crippen LogP contribution is -2.25. The summed E-state index contributed by atoms with van der Waals surface area (Å²) in [6.07, 6.45) is 3.04. The Kier molecular flexibility index (Phi) is 2.99. The van der Waals surface area contributed by atoms with Crippen LogP contribution in [0.2, 0.25) is 0 Å². The smallest absolute Gasteiger partial charge is 0.258 e. The van der Waals surface area contributed by atoms with Crippen LogP contribution in [0.4, 0.5) is 0 Å². The van der Waals surface area contributed by atoms with Crippen molar-refractivity contribution in [1.82, 2.24) is 24.7 Å². The largest absolute Gasteiger partial charge is 0.283 e. The van der Waals surface area contributed by atoms with Crippen LogP contribution in [0, 0.1) is 6.92 Å². The van der Waals surface area contributed by atoms with Crippen molar-refractivity contribution in [2.24, 2.45) is 7.05 Å². The topological polar surface area (TPSA) is 92.7 Å². The van der Waals surface area contributed by atoms with Gasteiger partial charge in [0.2, 0.25) is 0 Å². The van der Waals surface area contributed by atoms with Gasteiger partial charge in [0.25, 0.3) is 10.0 Å². The number of hydrogen-bond donors (Lipinski definition) is 2. The van der Waals surface area contributed by atoms with E-state index < -0.39 is 10.0 Å². The molecule has 2 aromatic heterocycles. The number of H-pyrrole nitrogens is 1. The molecule has 0 aliphatic rings. The highest BCUT2D eigenvalue weighted by Gasteiger charge is 2.17. The fourth-order valence-corrected chi connectivity index (χ4v) is 2.55. The molecule has 17 heavy (non-hydrogen) atoms. The van der Waals surface area contributed by atoms with Crippen molar-refractivity contribution < 1.29 is 8.42 Å². The summed E-state index contributed by atoms with van der Waals surface area (Å²) < 4.78 is 27.6. The van der Waals surface area contributed by atoms with Crippen molar-refractivity contribution in [2.75, 3.05) is 0 Å². The summed E-state index contributed by atoms with van der Waals surface area (Å²) in [4.78, 5) is 0. The van der Waals surface area contributed by atoms with Gasteiger partial charge in [0.1, 0.15) is 0 Å². The number of hydrogen-bond acceptors (Lipinski definition) is 4. The molecule has 0 atom stereocenters.